The second-order valence-electron chi connectivity index (χ2n) is 6.53. The lowest BCUT2D eigenvalue weighted by atomic mass is 10.1. The highest BCUT2D eigenvalue weighted by Gasteiger charge is 2.49. The minimum atomic E-state index is -3.84. The molecule has 8 nitrogen and oxygen atoms in total. The molecule has 28 heavy (non-hydrogen) atoms. The number of nitrogens with zero attached hydrogens (tertiary/aromatic N) is 1. The third-order valence-electron chi connectivity index (χ3n) is 4.55. The van der Waals surface area contributed by atoms with Gasteiger partial charge in [0.1, 0.15) is 18.4 Å². The second kappa shape index (κ2) is 7.67. The zero-order valence-corrected chi connectivity index (χ0v) is 16.1. The molecule has 4 rings (SSSR count). The van der Waals surface area contributed by atoms with Gasteiger partial charge in [0.15, 0.2) is 5.83 Å². The van der Waals surface area contributed by atoms with Gasteiger partial charge in [0, 0.05) is 17.6 Å². The molecule has 1 unspecified atom stereocenters. The molecule has 2 fully saturated rings. The highest BCUT2D eigenvalue weighted by atomic mass is 35.5. The van der Waals surface area contributed by atoms with Crippen LogP contribution in [0.1, 0.15) is 18.4 Å². The number of carbonyl (C=O) groups excluding carboxylic acids is 2. The molecule has 4 atom stereocenters. The first-order chi connectivity index (χ1) is 13.3. The van der Waals surface area contributed by atoms with E-state index in [2.05, 4.69) is 0 Å². The van der Waals surface area contributed by atoms with Crippen molar-refractivity contribution in [3.63, 3.8) is 0 Å². The standard InChI is InChI=1S/C17H16ClFNO7P/c18-11-3-1-2-10(4-11)8-24-28(23)25-9-15-14(27-28)6-17(26-15)20-7-12(19)13(21)5-16(20)22/h1-4,7,14-15,17H,5-6,8-9H2/t14-,15+,17+,28?/m0/s1. The maximum absolute atomic E-state index is 13.6. The maximum Gasteiger partial charge on any atom is 0.475 e. The van der Waals surface area contributed by atoms with Crippen molar-refractivity contribution in [2.24, 2.45) is 0 Å². The lowest BCUT2D eigenvalue weighted by Gasteiger charge is -2.30. The molecule has 0 N–H and O–H groups in total. The van der Waals surface area contributed by atoms with Crippen molar-refractivity contribution in [3.05, 3.63) is 46.9 Å². The number of hydrogen-bond donors (Lipinski definition) is 0. The Labute approximate surface area is 164 Å². The lowest BCUT2D eigenvalue weighted by molar-refractivity contribution is -0.146. The van der Waals surface area contributed by atoms with E-state index in [1.807, 2.05) is 0 Å². The normalized spacial score (nSPS) is 33.0. The first kappa shape index (κ1) is 19.7. The molecule has 11 heteroatoms. The summed E-state index contributed by atoms with van der Waals surface area (Å²) < 4.78 is 48.0. The summed E-state index contributed by atoms with van der Waals surface area (Å²) in [6, 6.07) is 6.86. The van der Waals surface area contributed by atoms with Crippen LogP contribution in [0.4, 0.5) is 4.39 Å². The number of amides is 1. The fraction of sp³-hybridized carbons (Fsp3) is 0.412. The van der Waals surface area contributed by atoms with Gasteiger partial charge in [-0.15, -0.1) is 0 Å². The van der Waals surface area contributed by atoms with Gasteiger partial charge in [-0.2, -0.15) is 0 Å². The Morgan fingerprint density at radius 2 is 2.14 bits per heavy atom. The third-order valence-corrected chi connectivity index (χ3v) is 6.22. The van der Waals surface area contributed by atoms with Gasteiger partial charge in [-0.25, -0.2) is 8.96 Å². The summed E-state index contributed by atoms with van der Waals surface area (Å²) in [5.41, 5.74) is 0.696. The first-order valence-corrected chi connectivity index (χ1v) is 10.4. The van der Waals surface area contributed by atoms with E-state index in [-0.39, 0.29) is 19.6 Å². The number of ketones is 1. The molecule has 1 aromatic carbocycles. The van der Waals surface area contributed by atoms with Crippen LogP contribution in [-0.4, -0.2) is 41.6 Å². The SMILES string of the molecule is O=C1CC(=O)N([C@H]2C[C@@H]3OP(=O)(OCc4cccc(Cl)c4)OC[C@H]3O2)C=C1F. The van der Waals surface area contributed by atoms with Crippen LogP contribution in [0.3, 0.4) is 0 Å². The summed E-state index contributed by atoms with van der Waals surface area (Å²) in [5, 5.41) is 0.516. The van der Waals surface area contributed by atoms with Crippen LogP contribution in [0.2, 0.25) is 5.02 Å². The molecule has 0 radical (unpaired) electrons. The van der Waals surface area contributed by atoms with Crippen molar-refractivity contribution in [3.8, 4) is 0 Å². The molecular formula is C17H16ClFNO7P. The second-order valence-corrected chi connectivity index (χ2v) is 8.59. The predicted molar refractivity (Wildman–Crippen MR) is 93.6 cm³/mol. The van der Waals surface area contributed by atoms with Crippen LogP contribution < -0.4 is 0 Å². The predicted octanol–water partition coefficient (Wildman–Crippen LogP) is 3.11. The van der Waals surface area contributed by atoms with Crippen molar-refractivity contribution in [1.29, 1.82) is 0 Å². The number of fused-ring (bicyclic) bond motifs is 1. The minimum Gasteiger partial charge on any atom is -0.349 e. The number of phosphoric acid groups is 1. The summed E-state index contributed by atoms with van der Waals surface area (Å²) in [6.07, 6.45) is -1.69. The average Bonchev–Trinajstić information content (AvgIpc) is 3.06. The molecule has 2 saturated heterocycles. The minimum absolute atomic E-state index is 0.0276. The number of ether oxygens (including phenoxy) is 1. The topological polar surface area (TPSA) is 91.4 Å². The quantitative estimate of drug-likeness (QED) is 0.534. The van der Waals surface area contributed by atoms with Gasteiger partial charge in [0.05, 0.1) is 19.6 Å². The monoisotopic (exact) mass is 431 g/mol. The van der Waals surface area contributed by atoms with E-state index >= 15 is 0 Å². The number of benzene rings is 1. The Hall–Kier alpha value is -1.61. The van der Waals surface area contributed by atoms with E-state index in [1.54, 1.807) is 24.3 Å². The molecule has 0 aliphatic carbocycles. The van der Waals surface area contributed by atoms with Crippen LogP contribution in [-0.2, 0) is 39.1 Å². The molecule has 0 saturated carbocycles. The zero-order chi connectivity index (χ0) is 19.9. The van der Waals surface area contributed by atoms with Crippen LogP contribution in [0, 0.1) is 0 Å². The fourth-order valence-corrected chi connectivity index (χ4v) is 4.76. The smallest absolute Gasteiger partial charge is 0.349 e. The van der Waals surface area contributed by atoms with Crippen LogP contribution >= 0.6 is 19.4 Å². The first-order valence-electron chi connectivity index (χ1n) is 8.52. The highest BCUT2D eigenvalue weighted by Crippen LogP contribution is 2.56. The summed E-state index contributed by atoms with van der Waals surface area (Å²) in [6.45, 7) is -0.0959. The van der Waals surface area contributed by atoms with Crippen LogP contribution in [0.15, 0.2) is 36.3 Å². The molecule has 3 aliphatic rings. The number of allylic oxidation sites excluding steroid dienone is 1. The summed E-state index contributed by atoms with van der Waals surface area (Å²) >= 11 is 5.91. The molecule has 3 heterocycles. The average molecular weight is 432 g/mol. The number of hydrogen-bond acceptors (Lipinski definition) is 7. The Balaban J connectivity index is 1.40. The van der Waals surface area contributed by atoms with Crippen LogP contribution in [0.25, 0.3) is 0 Å². The number of halogens is 2. The van der Waals surface area contributed by atoms with Gasteiger partial charge in [0.2, 0.25) is 11.7 Å². The van der Waals surface area contributed by atoms with Gasteiger partial charge in [-0.1, -0.05) is 23.7 Å². The van der Waals surface area contributed by atoms with E-state index in [4.69, 9.17) is 29.9 Å². The molecule has 150 valence electrons. The van der Waals surface area contributed by atoms with Gasteiger partial charge < -0.3 is 4.74 Å². The van der Waals surface area contributed by atoms with E-state index in [9.17, 15) is 18.5 Å². The lowest BCUT2D eigenvalue weighted by Crippen LogP contribution is -2.40. The largest absolute Gasteiger partial charge is 0.475 e. The van der Waals surface area contributed by atoms with Crippen LogP contribution in [0.5, 0.6) is 0 Å². The molecule has 1 aromatic rings. The van der Waals surface area contributed by atoms with Gasteiger partial charge in [-0.3, -0.25) is 28.1 Å². The Kier molecular flexibility index (Phi) is 5.39. The summed E-state index contributed by atoms with van der Waals surface area (Å²) in [5.74, 6) is -2.45. The Morgan fingerprint density at radius 1 is 1.32 bits per heavy atom. The van der Waals surface area contributed by atoms with Gasteiger partial charge in [-0.05, 0) is 17.7 Å². The Bertz CT molecular complexity index is 894. The third kappa shape index (κ3) is 4.05. The van der Waals surface area contributed by atoms with E-state index in [0.29, 0.717) is 10.6 Å². The molecule has 3 aliphatic heterocycles. The molecule has 1 amide bonds. The molecule has 0 spiro atoms. The number of rotatable bonds is 4. The fourth-order valence-electron chi connectivity index (χ4n) is 3.16. The highest BCUT2D eigenvalue weighted by molar-refractivity contribution is 7.48. The number of phosphoric ester groups is 1. The van der Waals surface area contributed by atoms with Crippen molar-refractivity contribution in [2.45, 2.75) is 37.9 Å². The summed E-state index contributed by atoms with van der Waals surface area (Å²) in [7, 11) is -3.84. The Morgan fingerprint density at radius 3 is 2.93 bits per heavy atom. The van der Waals surface area contributed by atoms with Crippen molar-refractivity contribution < 1.29 is 36.9 Å². The molecule has 0 bridgehead atoms. The van der Waals surface area contributed by atoms with E-state index in [1.165, 1.54) is 0 Å². The summed E-state index contributed by atoms with van der Waals surface area (Å²) in [4.78, 5) is 24.3. The molecular weight excluding hydrogens is 416 g/mol. The zero-order valence-electron chi connectivity index (χ0n) is 14.5. The van der Waals surface area contributed by atoms with E-state index in [0.717, 1.165) is 11.1 Å². The van der Waals surface area contributed by atoms with E-state index < -0.39 is 50.2 Å². The van der Waals surface area contributed by atoms with Gasteiger partial charge >= 0.3 is 7.82 Å². The van der Waals surface area contributed by atoms with Crippen molar-refractivity contribution >= 4 is 31.1 Å². The molecule has 0 aromatic heterocycles. The van der Waals surface area contributed by atoms with Crippen molar-refractivity contribution in [2.75, 3.05) is 6.61 Å². The number of carbonyl (C=O) groups is 2. The number of Topliss-reactive ketones (excluding diaryl/α,β-unsaturated/α-hetero) is 1. The van der Waals surface area contributed by atoms with Gasteiger partial charge in [0.25, 0.3) is 0 Å². The van der Waals surface area contributed by atoms with Crippen molar-refractivity contribution in [1.82, 2.24) is 4.90 Å². The maximum atomic E-state index is 13.6.